The number of rotatable bonds is 4. The number of hydrogen-bond donors (Lipinski definition) is 2. The van der Waals surface area contributed by atoms with Gasteiger partial charge in [-0.05, 0) is 17.9 Å². The number of benzene rings is 1. The van der Waals surface area contributed by atoms with E-state index in [2.05, 4.69) is 41.0 Å². The zero-order chi connectivity index (χ0) is 10.1. The minimum Gasteiger partial charge on any atom is -0.316 e. The Bertz CT molecular complexity index is 319. The van der Waals surface area contributed by atoms with Crippen LogP contribution in [0.2, 0.25) is 0 Å². The first-order valence-electron chi connectivity index (χ1n) is 5.92. The topological polar surface area (TPSA) is 24.1 Å². The summed E-state index contributed by atoms with van der Waals surface area (Å²) in [5.41, 5.74) is 1.50. The van der Waals surface area contributed by atoms with Crippen LogP contribution in [0, 0.1) is 5.92 Å². The lowest BCUT2D eigenvalue weighted by Crippen LogP contribution is -2.47. The molecule has 2 fully saturated rings. The van der Waals surface area contributed by atoms with Crippen molar-refractivity contribution in [1.82, 2.24) is 10.6 Å². The fourth-order valence-electron chi connectivity index (χ4n) is 2.30. The molecule has 2 aliphatic rings. The number of nitrogens with one attached hydrogen (secondary N) is 2. The zero-order valence-electron chi connectivity index (χ0n) is 8.95. The molecule has 80 valence electrons. The molecule has 0 radical (unpaired) electrons. The molecule has 0 bridgehead atoms. The van der Waals surface area contributed by atoms with Crippen molar-refractivity contribution in [3.8, 4) is 0 Å². The predicted molar refractivity (Wildman–Crippen MR) is 62.0 cm³/mol. The summed E-state index contributed by atoms with van der Waals surface area (Å²) in [7, 11) is 0. The van der Waals surface area contributed by atoms with Gasteiger partial charge in [0.25, 0.3) is 0 Å². The maximum Gasteiger partial charge on any atom is 0.0143 e. The van der Waals surface area contributed by atoms with Crippen molar-refractivity contribution < 1.29 is 0 Å². The predicted octanol–water partition coefficient (Wildman–Crippen LogP) is 1.35. The summed E-state index contributed by atoms with van der Waals surface area (Å²) >= 11 is 0. The molecule has 2 N–H and O–H groups in total. The van der Waals surface area contributed by atoms with Gasteiger partial charge in [0.05, 0.1) is 0 Å². The molecule has 1 aliphatic carbocycles. The van der Waals surface area contributed by atoms with Crippen LogP contribution < -0.4 is 10.6 Å². The summed E-state index contributed by atoms with van der Waals surface area (Å²) in [6.07, 6.45) is 1.32. The Balaban J connectivity index is 1.47. The summed E-state index contributed by atoms with van der Waals surface area (Å²) in [5, 5.41) is 6.98. The van der Waals surface area contributed by atoms with E-state index in [4.69, 9.17) is 0 Å². The second-order valence-corrected chi connectivity index (χ2v) is 4.79. The Hall–Kier alpha value is -0.860. The third-order valence-electron chi connectivity index (χ3n) is 3.55. The molecular weight excluding hydrogens is 184 g/mol. The number of hydrogen-bond acceptors (Lipinski definition) is 2. The summed E-state index contributed by atoms with van der Waals surface area (Å²) < 4.78 is 0. The van der Waals surface area contributed by atoms with Crippen LogP contribution in [0.15, 0.2) is 30.3 Å². The highest BCUT2D eigenvalue weighted by Gasteiger charge is 2.38. The lowest BCUT2D eigenvalue weighted by Gasteiger charge is -2.27. The van der Waals surface area contributed by atoms with Crippen LogP contribution in [0.4, 0.5) is 0 Å². The molecule has 1 aromatic carbocycles. The van der Waals surface area contributed by atoms with Gasteiger partial charge in [-0.1, -0.05) is 30.3 Å². The second-order valence-electron chi connectivity index (χ2n) is 4.79. The summed E-state index contributed by atoms with van der Waals surface area (Å²) in [4.78, 5) is 0. The molecule has 1 aliphatic heterocycles. The van der Waals surface area contributed by atoms with Gasteiger partial charge < -0.3 is 10.6 Å². The van der Waals surface area contributed by atoms with E-state index in [-0.39, 0.29) is 0 Å². The van der Waals surface area contributed by atoms with Gasteiger partial charge in [0.2, 0.25) is 0 Å². The maximum absolute atomic E-state index is 3.67. The third-order valence-corrected chi connectivity index (χ3v) is 3.55. The molecule has 0 amide bonds. The molecule has 15 heavy (non-hydrogen) atoms. The van der Waals surface area contributed by atoms with E-state index < -0.39 is 0 Å². The van der Waals surface area contributed by atoms with Crippen LogP contribution in [-0.2, 0) is 0 Å². The van der Waals surface area contributed by atoms with E-state index >= 15 is 0 Å². The van der Waals surface area contributed by atoms with Crippen molar-refractivity contribution in [2.45, 2.75) is 18.4 Å². The van der Waals surface area contributed by atoms with E-state index in [0.717, 1.165) is 17.9 Å². The Kier molecular flexibility index (Phi) is 2.47. The average Bonchev–Trinajstić information content (AvgIpc) is 2.96. The van der Waals surface area contributed by atoms with E-state index in [0.29, 0.717) is 0 Å². The largest absolute Gasteiger partial charge is 0.316 e. The van der Waals surface area contributed by atoms with E-state index in [1.54, 1.807) is 0 Å². The normalized spacial score (nSPS) is 29.9. The summed E-state index contributed by atoms with van der Waals surface area (Å²) in [6, 6.07) is 11.6. The van der Waals surface area contributed by atoms with Crippen molar-refractivity contribution in [2.24, 2.45) is 5.92 Å². The summed E-state index contributed by atoms with van der Waals surface area (Å²) in [6.45, 7) is 3.60. The monoisotopic (exact) mass is 202 g/mol. The standard InChI is InChI=1S/C13H18N2/c1-2-4-11(5-3-1)12-6-13(12)15-9-10-7-14-8-10/h1-5,10,12-15H,6-9H2/t12-,13-/m0/s1. The molecule has 1 aromatic rings. The first-order chi connectivity index (χ1) is 7.43. The van der Waals surface area contributed by atoms with Gasteiger partial charge in [0.1, 0.15) is 0 Å². The average molecular weight is 202 g/mol. The Morgan fingerprint density at radius 1 is 1.20 bits per heavy atom. The fourth-order valence-corrected chi connectivity index (χ4v) is 2.30. The molecular formula is C13H18N2. The van der Waals surface area contributed by atoms with Gasteiger partial charge in [0.15, 0.2) is 0 Å². The first-order valence-corrected chi connectivity index (χ1v) is 5.92. The molecule has 3 rings (SSSR count). The molecule has 2 atom stereocenters. The molecule has 2 heteroatoms. The highest BCUT2D eigenvalue weighted by Crippen LogP contribution is 2.40. The van der Waals surface area contributed by atoms with Crippen LogP contribution in [0.25, 0.3) is 0 Å². The molecule has 1 saturated heterocycles. The van der Waals surface area contributed by atoms with E-state index in [1.165, 1.54) is 31.6 Å². The molecule has 0 aromatic heterocycles. The third kappa shape index (κ3) is 2.06. The molecule has 0 spiro atoms. The second kappa shape index (κ2) is 3.95. The van der Waals surface area contributed by atoms with E-state index in [9.17, 15) is 0 Å². The fraction of sp³-hybridized carbons (Fsp3) is 0.538. The van der Waals surface area contributed by atoms with Crippen molar-refractivity contribution >= 4 is 0 Å². The van der Waals surface area contributed by atoms with Gasteiger partial charge in [-0.2, -0.15) is 0 Å². The van der Waals surface area contributed by atoms with Crippen LogP contribution in [-0.4, -0.2) is 25.7 Å². The van der Waals surface area contributed by atoms with Gasteiger partial charge in [-0.3, -0.25) is 0 Å². The van der Waals surface area contributed by atoms with Crippen LogP contribution in [0.5, 0.6) is 0 Å². The quantitative estimate of drug-likeness (QED) is 0.770. The summed E-state index contributed by atoms with van der Waals surface area (Å²) in [5.74, 6) is 1.65. The molecule has 1 saturated carbocycles. The zero-order valence-corrected chi connectivity index (χ0v) is 8.95. The van der Waals surface area contributed by atoms with Crippen molar-refractivity contribution in [3.63, 3.8) is 0 Å². The van der Waals surface area contributed by atoms with Crippen molar-refractivity contribution in [3.05, 3.63) is 35.9 Å². The highest BCUT2D eigenvalue weighted by atomic mass is 15.0. The van der Waals surface area contributed by atoms with Crippen LogP contribution in [0.3, 0.4) is 0 Å². The van der Waals surface area contributed by atoms with Crippen molar-refractivity contribution in [1.29, 1.82) is 0 Å². The van der Waals surface area contributed by atoms with Crippen LogP contribution >= 0.6 is 0 Å². The van der Waals surface area contributed by atoms with Gasteiger partial charge in [-0.15, -0.1) is 0 Å². The highest BCUT2D eigenvalue weighted by molar-refractivity contribution is 5.27. The Labute approximate surface area is 91.1 Å². The minimum absolute atomic E-state index is 0.744. The van der Waals surface area contributed by atoms with Crippen molar-refractivity contribution in [2.75, 3.05) is 19.6 Å². The van der Waals surface area contributed by atoms with Gasteiger partial charge in [-0.25, -0.2) is 0 Å². The lowest BCUT2D eigenvalue weighted by molar-refractivity contribution is 0.330. The minimum atomic E-state index is 0.744. The van der Waals surface area contributed by atoms with E-state index in [1.807, 2.05) is 0 Å². The maximum atomic E-state index is 3.67. The Morgan fingerprint density at radius 3 is 2.67 bits per heavy atom. The lowest BCUT2D eigenvalue weighted by atomic mass is 10.0. The molecule has 2 nitrogen and oxygen atoms in total. The first kappa shape index (κ1) is 9.37. The smallest absolute Gasteiger partial charge is 0.0143 e. The van der Waals surface area contributed by atoms with Gasteiger partial charge >= 0.3 is 0 Å². The van der Waals surface area contributed by atoms with Gasteiger partial charge in [0, 0.05) is 31.6 Å². The molecule has 1 heterocycles. The van der Waals surface area contributed by atoms with Crippen LogP contribution in [0.1, 0.15) is 17.9 Å². The molecule has 0 unspecified atom stereocenters. The SMILES string of the molecule is c1ccc([C@@H]2C[C@@H]2NCC2CNC2)cc1. The Morgan fingerprint density at radius 2 is 2.00 bits per heavy atom.